The van der Waals surface area contributed by atoms with Crippen LogP contribution in [0.15, 0.2) is 0 Å². The fourth-order valence-corrected chi connectivity index (χ4v) is 1.79. The van der Waals surface area contributed by atoms with Gasteiger partial charge >= 0.3 is 12.2 Å². The fourth-order valence-electron chi connectivity index (χ4n) is 1.79. The van der Waals surface area contributed by atoms with Crippen LogP contribution in [0.4, 0.5) is 9.59 Å². The third-order valence-electron chi connectivity index (χ3n) is 2.52. The number of rotatable bonds is 2. The molecule has 0 spiro atoms. The number of carbonyl (C=O) groups excluding carboxylic acids is 2. The van der Waals surface area contributed by atoms with Gasteiger partial charge in [0.25, 0.3) is 0 Å². The molecule has 1 fully saturated rings. The summed E-state index contributed by atoms with van der Waals surface area (Å²) in [6, 6.07) is 0.128. The van der Waals surface area contributed by atoms with Gasteiger partial charge in [0, 0.05) is 12.1 Å². The Morgan fingerprint density at radius 3 is 2.31 bits per heavy atom. The zero-order valence-corrected chi connectivity index (χ0v) is 9.91. The fraction of sp³-hybridized carbons (Fsp3) is 0.818. The van der Waals surface area contributed by atoms with Crippen molar-refractivity contribution in [3.8, 4) is 0 Å². The van der Waals surface area contributed by atoms with Gasteiger partial charge in [0.1, 0.15) is 0 Å². The Balaban J connectivity index is 2.21. The monoisotopic (exact) mass is 228 g/mol. The van der Waals surface area contributed by atoms with Crippen LogP contribution in [-0.4, -0.2) is 24.3 Å². The molecular weight excluding hydrogens is 208 g/mol. The lowest BCUT2D eigenvalue weighted by Crippen LogP contribution is -2.40. The Labute approximate surface area is 95.9 Å². The van der Waals surface area contributed by atoms with Gasteiger partial charge < -0.3 is 15.4 Å². The Kier molecular flexibility index (Phi) is 5.08. The zero-order valence-electron chi connectivity index (χ0n) is 9.91. The second kappa shape index (κ2) is 6.35. The summed E-state index contributed by atoms with van der Waals surface area (Å²) < 4.78 is 4.56. The molecule has 0 atom stereocenters. The SMILES string of the molecule is CC(C)NC(=O)OC(=O)NC1CCCCC1. The van der Waals surface area contributed by atoms with E-state index in [1.54, 1.807) is 13.8 Å². The van der Waals surface area contributed by atoms with Gasteiger partial charge in [-0.2, -0.15) is 0 Å². The van der Waals surface area contributed by atoms with Crippen LogP contribution >= 0.6 is 0 Å². The molecule has 0 aromatic carbocycles. The van der Waals surface area contributed by atoms with E-state index in [4.69, 9.17) is 0 Å². The van der Waals surface area contributed by atoms with Crippen molar-refractivity contribution < 1.29 is 14.3 Å². The molecule has 2 amide bonds. The van der Waals surface area contributed by atoms with Crippen LogP contribution in [0.25, 0.3) is 0 Å². The summed E-state index contributed by atoms with van der Waals surface area (Å²) in [6.07, 6.45) is 4.09. The Bertz CT molecular complexity index is 248. The largest absolute Gasteiger partial charge is 0.416 e. The molecule has 92 valence electrons. The van der Waals surface area contributed by atoms with Crippen molar-refractivity contribution in [2.45, 2.75) is 58.0 Å². The molecule has 5 nitrogen and oxygen atoms in total. The number of carbonyl (C=O) groups is 2. The lowest BCUT2D eigenvalue weighted by molar-refractivity contribution is 0.144. The van der Waals surface area contributed by atoms with Crippen molar-refractivity contribution in [3.63, 3.8) is 0 Å². The van der Waals surface area contributed by atoms with E-state index in [1.807, 2.05) is 0 Å². The molecule has 1 aliphatic rings. The van der Waals surface area contributed by atoms with Gasteiger partial charge in [-0.3, -0.25) is 0 Å². The van der Waals surface area contributed by atoms with Gasteiger partial charge in [0.15, 0.2) is 0 Å². The summed E-state index contributed by atoms with van der Waals surface area (Å²) in [4.78, 5) is 22.4. The highest BCUT2D eigenvalue weighted by Crippen LogP contribution is 2.17. The summed E-state index contributed by atoms with van der Waals surface area (Å²) in [6.45, 7) is 3.61. The van der Waals surface area contributed by atoms with E-state index in [9.17, 15) is 9.59 Å². The van der Waals surface area contributed by atoms with Gasteiger partial charge in [-0.1, -0.05) is 19.3 Å². The molecule has 0 aromatic rings. The van der Waals surface area contributed by atoms with Crippen molar-refractivity contribution in [1.29, 1.82) is 0 Å². The maximum absolute atomic E-state index is 11.3. The predicted octanol–water partition coefficient (Wildman–Crippen LogP) is 2.16. The maximum Gasteiger partial charge on any atom is 0.416 e. The molecule has 1 aliphatic carbocycles. The molecule has 1 saturated carbocycles. The number of alkyl carbamates (subject to hydrolysis) is 2. The van der Waals surface area contributed by atoms with Crippen LogP contribution in [0.3, 0.4) is 0 Å². The van der Waals surface area contributed by atoms with Gasteiger partial charge in [0.05, 0.1) is 0 Å². The summed E-state index contributed by atoms with van der Waals surface area (Å²) >= 11 is 0. The number of amides is 2. The molecule has 16 heavy (non-hydrogen) atoms. The van der Waals surface area contributed by atoms with E-state index in [-0.39, 0.29) is 12.1 Å². The third kappa shape index (κ3) is 5.00. The average Bonchev–Trinajstić information content (AvgIpc) is 2.17. The smallest absolute Gasteiger partial charge is 0.359 e. The normalized spacial score (nSPS) is 16.9. The minimum atomic E-state index is -0.691. The Hall–Kier alpha value is -1.26. The van der Waals surface area contributed by atoms with Crippen LogP contribution < -0.4 is 10.6 Å². The quantitative estimate of drug-likeness (QED) is 0.712. The maximum atomic E-state index is 11.3. The molecule has 0 aliphatic heterocycles. The molecule has 0 radical (unpaired) electrons. The van der Waals surface area contributed by atoms with E-state index in [1.165, 1.54) is 6.42 Å². The molecule has 0 aromatic heterocycles. The highest BCUT2D eigenvalue weighted by Gasteiger charge is 2.18. The van der Waals surface area contributed by atoms with Gasteiger partial charge in [-0.25, -0.2) is 9.59 Å². The van der Waals surface area contributed by atoms with Crippen molar-refractivity contribution in [1.82, 2.24) is 10.6 Å². The minimum absolute atomic E-state index is 0.0324. The molecule has 2 N–H and O–H groups in total. The van der Waals surface area contributed by atoms with E-state index in [0.717, 1.165) is 25.7 Å². The summed E-state index contributed by atoms with van der Waals surface area (Å²) in [7, 11) is 0. The van der Waals surface area contributed by atoms with Crippen LogP contribution in [-0.2, 0) is 4.74 Å². The predicted molar refractivity (Wildman–Crippen MR) is 60.2 cm³/mol. The van der Waals surface area contributed by atoms with E-state index in [2.05, 4.69) is 15.4 Å². The molecular formula is C11H20N2O3. The van der Waals surface area contributed by atoms with Crippen LogP contribution in [0.2, 0.25) is 0 Å². The van der Waals surface area contributed by atoms with Crippen molar-refractivity contribution in [2.75, 3.05) is 0 Å². The second-order valence-electron chi connectivity index (χ2n) is 4.46. The summed E-state index contributed by atoms with van der Waals surface area (Å²) in [5.41, 5.74) is 0. The Morgan fingerprint density at radius 1 is 1.12 bits per heavy atom. The van der Waals surface area contributed by atoms with E-state index < -0.39 is 12.2 Å². The van der Waals surface area contributed by atoms with E-state index >= 15 is 0 Å². The molecule has 5 heteroatoms. The van der Waals surface area contributed by atoms with E-state index in [0.29, 0.717) is 0 Å². The van der Waals surface area contributed by atoms with Gasteiger partial charge in [0.2, 0.25) is 0 Å². The van der Waals surface area contributed by atoms with Crippen molar-refractivity contribution in [2.24, 2.45) is 0 Å². The first kappa shape index (κ1) is 12.8. The second-order valence-corrected chi connectivity index (χ2v) is 4.46. The lowest BCUT2D eigenvalue weighted by Gasteiger charge is -2.22. The number of nitrogens with one attached hydrogen (secondary N) is 2. The topological polar surface area (TPSA) is 67.4 Å². The minimum Gasteiger partial charge on any atom is -0.359 e. The summed E-state index contributed by atoms with van der Waals surface area (Å²) in [5.74, 6) is 0. The molecule has 0 saturated heterocycles. The van der Waals surface area contributed by atoms with Gasteiger partial charge in [-0.15, -0.1) is 0 Å². The molecule has 0 bridgehead atoms. The Morgan fingerprint density at radius 2 is 1.75 bits per heavy atom. The first-order valence-corrected chi connectivity index (χ1v) is 5.87. The number of ether oxygens (including phenoxy) is 1. The molecule has 1 rings (SSSR count). The third-order valence-corrected chi connectivity index (χ3v) is 2.52. The van der Waals surface area contributed by atoms with Crippen LogP contribution in [0, 0.1) is 0 Å². The first-order chi connectivity index (χ1) is 7.58. The first-order valence-electron chi connectivity index (χ1n) is 5.87. The van der Waals surface area contributed by atoms with Crippen molar-refractivity contribution in [3.05, 3.63) is 0 Å². The molecule has 0 heterocycles. The average molecular weight is 228 g/mol. The summed E-state index contributed by atoms with van der Waals surface area (Å²) in [5, 5.41) is 5.19. The standard InChI is InChI=1S/C11H20N2O3/c1-8(2)12-10(14)16-11(15)13-9-6-4-3-5-7-9/h8-9H,3-7H2,1-2H3,(H,12,14)(H,13,15). The zero-order chi connectivity index (χ0) is 12.0. The number of hydrogen-bond donors (Lipinski definition) is 2. The van der Waals surface area contributed by atoms with Gasteiger partial charge in [-0.05, 0) is 26.7 Å². The lowest BCUT2D eigenvalue weighted by atomic mass is 9.96. The van der Waals surface area contributed by atoms with Crippen molar-refractivity contribution >= 4 is 12.2 Å². The highest BCUT2D eigenvalue weighted by molar-refractivity contribution is 5.83. The highest BCUT2D eigenvalue weighted by atomic mass is 16.6. The number of hydrogen-bond acceptors (Lipinski definition) is 3. The molecule has 0 unspecified atom stereocenters. The van der Waals surface area contributed by atoms with Crippen LogP contribution in [0.5, 0.6) is 0 Å². The van der Waals surface area contributed by atoms with Crippen LogP contribution in [0.1, 0.15) is 46.0 Å².